The molecule has 3 N–H and O–H groups in total. The number of amidine groups is 1. The van der Waals surface area contributed by atoms with Crippen LogP contribution in [0.5, 0.6) is 0 Å². The minimum Gasteiger partial charge on any atom is -0.373 e. The second kappa shape index (κ2) is 9.20. The van der Waals surface area contributed by atoms with Gasteiger partial charge in [0.15, 0.2) is 5.17 Å². The molecule has 3 fully saturated rings. The molecule has 0 amide bonds. The van der Waals surface area contributed by atoms with E-state index in [-0.39, 0.29) is 5.54 Å². The maximum atomic E-state index is 6.04. The number of thioether (sulfide) groups is 1. The molecule has 0 radical (unpaired) electrons. The molecule has 2 heterocycles. The van der Waals surface area contributed by atoms with Gasteiger partial charge in [-0.15, -0.1) is 0 Å². The van der Waals surface area contributed by atoms with Crippen LogP contribution in [0.15, 0.2) is 29.5 Å². The highest BCUT2D eigenvalue weighted by Gasteiger charge is 2.51. The van der Waals surface area contributed by atoms with Gasteiger partial charge < -0.3 is 10.2 Å². The summed E-state index contributed by atoms with van der Waals surface area (Å²) in [7, 11) is 0. The Balaban J connectivity index is 1.54. The molecule has 0 bridgehead atoms. The fourth-order valence-corrected chi connectivity index (χ4v) is 4.79. The van der Waals surface area contributed by atoms with Gasteiger partial charge in [-0.05, 0) is 37.9 Å². The first kappa shape index (κ1) is 21.7. The van der Waals surface area contributed by atoms with Crippen LogP contribution in [0.3, 0.4) is 0 Å². The van der Waals surface area contributed by atoms with E-state index < -0.39 is 0 Å². The van der Waals surface area contributed by atoms with Crippen LogP contribution in [-0.4, -0.2) is 77.1 Å². The van der Waals surface area contributed by atoms with E-state index in [0.717, 1.165) is 56.6 Å². The van der Waals surface area contributed by atoms with Crippen LogP contribution in [0.4, 0.5) is 0 Å². The number of allylic oxidation sites excluding steroid dienone is 1. The summed E-state index contributed by atoms with van der Waals surface area (Å²) in [4.78, 5) is 9.86. The van der Waals surface area contributed by atoms with E-state index in [2.05, 4.69) is 48.4 Å². The van der Waals surface area contributed by atoms with Crippen LogP contribution in [0.1, 0.15) is 39.5 Å². The molecule has 1 atom stereocenters. The normalized spacial score (nSPS) is 26.0. The van der Waals surface area contributed by atoms with E-state index in [9.17, 15) is 0 Å². The van der Waals surface area contributed by atoms with E-state index >= 15 is 0 Å². The minimum absolute atomic E-state index is 0.106. The molecule has 2 aliphatic heterocycles. The quantitative estimate of drug-likeness (QED) is 0.385. The first-order valence-electron chi connectivity index (χ1n) is 10.6. The monoisotopic (exact) mass is 406 g/mol. The molecule has 0 aromatic heterocycles. The first-order valence-corrected chi connectivity index (χ1v) is 11.8. The summed E-state index contributed by atoms with van der Waals surface area (Å²) in [6, 6.07) is 0.370. The summed E-state index contributed by atoms with van der Waals surface area (Å²) >= 11 is 1.66. The number of nitrogens with zero attached hydrogens (tertiary/aromatic N) is 4. The van der Waals surface area contributed by atoms with Crippen molar-refractivity contribution in [3.8, 4) is 0 Å². The van der Waals surface area contributed by atoms with Crippen molar-refractivity contribution in [3.63, 3.8) is 0 Å². The minimum atomic E-state index is 0.106. The molecular formula is C21H38N6S. The molecule has 0 spiro atoms. The second-order valence-electron chi connectivity index (χ2n) is 8.64. The Bertz CT molecular complexity index is 604. The molecule has 1 unspecified atom stereocenters. The third kappa shape index (κ3) is 4.75. The highest BCUT2D eigenvalue weighted by Crippen LogP contribution is 2.46. The Kier molecular flexibility index (Phi) is 7.12. The highest BCUT2D eigenvalue weighted by molar-refractivity contribution is 8.13. The van der Waals surface area contributed by atoms with Crippen molar-refractivity contribution in [2.45, 2.75) is 51.1 Å². The third-order valence-electron chi connectivity index (χ3n) is 6.56. The van der Waals surface area contributed by atoms with Crippen LogP contribution >= 0.6 is 11.8 Å². The predicted molar refractivity (Wildman–Crippen MR) is 121 cm³/mol. The van der Waals surface area contributed by atoms with Crippen molar-refractivity contribution in [3.05, 3.63) is 24.6 Å². The number of hydrazine groups is 1. The predicted octanol–water partition coefficient (Wildman–Crippen LogP) is 2.47. The zero-order valence-electron chi connectivity index (χ0n) is 17.9. The average Bonchev–Trinajstić information content (AvgIpc) is 3.41. The van der Waals surface area contributed by atoms with Crippen LogP contribution in [-0.2, 0) is 0 Å². The molecule has 3 aliphatic rings. The van der Waals surface area contributed by atoms with E-state index in [0.29, 0.717) is 12.0 Å². The van der Waals surface area contributed by atoms with Gasteiger partial charge in [0.2, 0.25) is 0 Å². The summed E-state index contributed by atoms with van der Waals surface area (Å²) in [5, 5.41) is 6.44. The second-order valence-corrected chi connectivity index (χ2v) is 9.43. The van der Waals surface area contributed by atoms with Gasteiger partial charge in [0, 0.05) is 50.2 Å². The number of aliphatic imine (C=N–C) groups is 1. The Morgan fingerprint density at radius 1 is 1.21 bits per heavy atom. The largest absolute Gasteiger partial charge is 0.373 e. The summed E-state index contributed by atoms with van der Waals surface area (Å²) in [6.07, 6.45) is 6.75. The fourth-order valence-electron chi connectivity index (χ4n) is 4.36. The summed E-state index contributed by atoms with van der Waals surface area (Å²) < 4.78 is 0. The highest BCUT2D eigenvalue weighted by atomic mass is 32.2. The number of hydrogen-bond acceptors (Lipinski definition) is 6. The van der Waals surface area contributed by atoms with Crippen LogP contribution in [0.2, 0.25) is 0 Å². The molecule has 2 saturated heterocycles. The first-order chi connectivity index (χ1) is 13.4. The maximum Gasteiger partial charge on any atom is 0.160 e. The van der Waals surface area contributed by atoms with E-state index in [1.807, 2.05) is 5.01 Å². The smallest absolute Gasteiger partial charge is 0.160 e. The number of rotatable bonds is 7. The Labute approximate surface area is 175 Å². The van der Waals surface area contributed by atoms with Gasteiger partial charge in [0.1, 0.15) is 0 Å². The lowest BCUT2D eigenvalue weighted by Gasteiger charge is -2.42. The van der Waals surface area contributed by atoms with Crippen LogP contribution < -0.4 is 11.2 Å². The molecule has 158 valence electrons. The standard InChI is InChI=1S/C21H38N6S/c1-16(2)17(3)25-11-13-26(14-12-25)21(8-9-21)18(4)24-20(28-5)23-15-19-7-6-10-27(19)22/h16,19H,3-4,6-15,22H2,1-2,5H3,(H,23,24). The Morgan fingerprint density at radius 3 is 2.39 bits per heavy atom. The van der Waals surface area contributed by atoms with E-state index in [1.54, 1.807) is 11.8 Å². The van der Waals surface area contributed by atoms with Crippen molar-refractivity contribution in [1.29, 1.82) is 0 Å². The lowest BCUT2D eigenvalue weighted by Crippen LogP contribution is -2.53. The Morgan fingerprint density at radius 2 is 1.89 bits per heavy atom. The van der Waals surface area contributed by atoms with Crippen molar-refractivity contribution in [2.75, 3.05) is 45.5 Å². The molecule has 6 nitrogen and oxygen atoms in total. The molecule has 1 aliphatic carbocycles. The van der Waals surface area contributed by atoms with Crippen molar-refractivity contribution < 1.29 is 0 Å². The average molecular weight is 407 g/mol. The van der Waals surface area contributed by atoms with E-state index in [1.165, 1.54) is 25.0 Å². The third-order valence-corrected chi connectivity index (χ3v) is 7.18. The van der Waals surface area contributed by atoms with Crippen molar-refractivity contribution in [1.82, 2.24) is 20.1 Å². The van der Waals surface area contributed by atoms with Crippen molar-refractivity contribution in [2.24, 2.45) is 16.8 Å². The van der Waals surface area contributed by atoms with Crippen molar-refractivity contribution >= 4 is 16.9 Å². The SMILES string of the molecule is C=C(C(C)C)N1CCN(C2(C(=C)NC(=NCC3CCCN3N)SC)CC2)CC1. The zero-order valence-corrected chi connectivity index (χ0v) is 18.7. The topological polar surface area (TPSA) is 60.1 Å². The van der Waals surface area contributed by atoms with Gasteiger partial charge in [-0.25, -0.2) is 5.01 Å². The Hall–Kier alpha value is -1.02. The zero-order chi connectivity index (χ0) is 20.3. The summed E-state index contributed by atoms with van der Waals surface area (Å²) in [5.41, 5.74) is 2.47. The van der Waals surface area contributed by atoms with Gasteiger partial charge >= 0.3 is 0 Å². The van der Waals surface area contributed by atoms with Crippen LogP contribution in [0.25, 0.3) is 0 Å². The van der Waals surface area contributed by atoms with Gasteiger partial charge in [0.05, 0.1) is 12.1 Å². The lowest BCUT2D eigenvalue weighted by atomic mass is 10.1. The van der Waals surface area contributed by atoms with Gasteiger partial charge in [-0.1, -0.05) is 38.8 Å². The van der Waals surface area contributed by atoms with Gasteiger partial charge in [0.25, 0.3) is 0 Å². The number of nitrogens with one attached hydrogen (secondary N) is 1. The molecule has 1 saturated carbocycles. The number of piperazine rings is 1. The van der Waals surface area contributed by atoms with Gasteiger partial charge in [-0.2, -0.15) is 0 Å². The lowest BCUT2D eigenvalue weighted by molar-refractivity contribution is 0.112. The molecule has 3 rings (SSSR count). The maximum absolute atomic E-state index is 6.04. The molecule has 7 heteroatoms. The van der Waals surface area contributed by atoms with E-state index in [4.69, 9.17) is 10.8 Å². The molecule has 0 aromatic rings. The fraction of sp³-hybridized carbons (Fsp3) is 0.762. The molecule has 0 aromatic carbocycles. The summed E-state index contributed by atoms with van der Waals surface area (Å²) in [6.45, 7) is 19.1. The summed E-state index contributed by atoms with van der Waals surface area (Å²) in [5.74, 6) is 6.55. The molecule has 28 heavy (non-hydrogen) atoms. The van der Waals surface area contributed by atoms with Crippen LogP contribution in [0, 0.1) is 5.92 Å². The molecular weight excluding hydrogens is 368 g/mol. The van der Waals surface area contributed by atoms with Gasteiger partial charge in [-0.3, -0.25) is 15.7 Å². The number of nitrogens with two attached hydrogens (primary N) is 1. The number of hydrogen-bond donors (Lipinski definition) is 2.